The molecule has 1 heterocycles. The summed E-state index contributed by atoms with van der Waals surface area (Å²) in [6.45, 7) is 4.13. The summed E-state index contributed by atoms with van der Waals surface area (Å²) in [7, 11) is 0. The average Bonchev–Trinajstić information content (AvgIpc) is 1.94. The lowest BCUT2D eigenvalue weighted by Crippen LogP contribution is -2.27. The Morgan fingerprint density at radius 3 is 3.00 bits per heavy atom. The first-order valence-corrected chi connectivity index (χ1v) is 4.98. The molecule has 10 heavy (non-hydrogen) atoms. The predicted molar refractivity (Wildman–Crippen MR) is 46.5 cm³/mol. The third-order valence-corrected chi connectivity index (χ3v) is 3.25. The first kappa shape index (κ1) is 8.54. The van der Waals surface area contributed by atoms with Gasteiger partial charge in [0.25, 0.3) is 0 Å². The van der Waals surface area contributed by atoms with E-state index in [0.717, 1.165) is 19.1 Å². The maximum atomic E-state index is 5.38. The van der Waals surface area contributed by atoms with E-state index in [-0.39, 0.29) is 0 Å². The van der Waals surface area contributed by atoms with Crippen molar-refractivity contribution in [2.45, 2.75) is 31.0 Å². The molecule has 60 valence electrons. The van der Waals surface area contributed by atoms with E-state index in [0.29, 0.717) is 4.83 Å². The second kappa shape index (κ2) is 4.35. The highest BCUT2D eigenvalue weighted by Crippen LogP contribution is 2.25. The van der Waals surface area contributed by atoms with Crippen molar-refractivity contribution in [3.63, 3.8) is 0 Å². The number of alkyl halides is 1. The van der Waals surface area contributed by atoms with Crippen LogP contribution in [0.5, 0.6) is 0 Å². The summed E-state index contributed by atoms with van der Waals surface area (Å²) in [6.07, 6.45) is 3.76. The quantitative estimate of drug-likeness (QED) is 0.632. The number of hydrogen-bond donors (Lipinski definition) is 0. The van der Waals surface area contributed by atoms with Gasteiger partial charge in [0.05, 0.1) is 6.61 Å². The summed E-state index contributed by atoms with van der Waals surface area (Å²) in [5.41, 5.74) is 0. The Morgan fingerprint density at radius 2 is 2.40 bits per heavy atom. The molecule has 0 spiro atoms. The summed E-state index contributed by atoms with van der Waals surface area (Å²) in [4.78, 5) is 0.709. The maximum absolute atomic E-state index is 5.38. The molecule has 1 aliphatic rings. The van der Waals surface area contributed by atoms with Crippen LogP contribution < -0.4 is 0 Å². The van der Waals surface area contributed by atoms with Crippen LogP contribution in [0.15, 0.2) is 0 Å². The van der Waals surface area contributed by atoms with E-state index < -0.39 is 0 Å². The normalized spacial score (nSPS) is 34.2. The fraction of sp³-hybridized carbons (Fsp3) is 1.00. The Morgan fingerprint density at radius 1 is 1.60 bits per heavy atom. The second-order valence-corrected chi connectivity index (χ2v) is 4.10. The molecule has 1 rings (SSSR count). The lowest BCUT2D eigenvalue weighted by molar-refractivity contribution is 0.0570. The molecule has 1 saturated heterocycles. The molecular formula is C8H15BrO. The minimum Gasteiger partial charge on any atom is -0.381 e. The van der Waals surface area contributed by atoms with Crippen LogP contribution >= 0.6 is 15.9 Å². The minimum atomic E-state index is 0.709. The van der Waals surface area contributed by atoms with Crippen molar-refractivity contribution in [3.8, 4) is 0 Å². The SMILES string of the molecule is CCCC1COCCC1Br. The van der Waals surface area contributed by atoms with Crippen LogP contribution in [0.3, 0.4) is 0 Å². The van der Waals surface area contributed by atoms with Gasteiger partial charge in [-0.25, -0.2) is 0 Å². The molecule has 0 aliphatic carbocycles. The largest absolute Gasteiger partial charge is 0.381 e. The molecule has 1 nitrogen and oxygen atoms in total. The Balaban J connectivity index is 2.25. The Labute approximate surface area is 71.3 Å². The van der Waals surface area contributed by atoms with Gasteiger partial charge in [-0.15, -0.1) is 0 Å². The van der Waals surface area contributed by atoms with Crippen LogP contribution in [0.4, 0.5) is 0 Å². The minimum absolute atomic E-state index is 0.709. The van der Waals surface area contributed by atoms with Gasteiger partial charge in [-0.3, -0.25) is 0 Å². The van der Waals surface area contributed by atoms with Gasteiger partial charge in [0.1, 0.15) is 0 Å². The van der Waals surface area contributed by atoms with Gasteiger partial charge in [0.15, 0.2) is 0 Å². The zero-order chi connectivity index (χ0) is 7.40. The summed E-state index contributed by atoms with van der Waals surface area (Å²) in [6, 6.07) is 0. The monoisotopic (exact) mass is 206 g/mol. The molecular weight excluding hydrogens is 192 g/mol. The van der Waals surface area contributed by atoms with Crippen molar-refractivity contribution in [2.24, 2.45) is 5.92 Å². The Bertz CT molecular complexity index is 93.3. The summed E-state index contributed by atoms with van der Waals surface area (Å²) >= 11 is 3.68. The maximum Gasteiger partial charge on any atom is 0.0504 e. The van der Waals surface area contributed by atoms with Gasteiger partial charge in [0, 0.05) is 11.4 Å². The van der Waals surface area contributed by atoms with E-state index in [1.54, 1.807) is 0 Å². The third-order valence-electron chi connectivity index (χ3n) is 2.04. The van der Waals surface area contributed by atoms with Gasteiger partial charge in [-0.2, -0.15) is 0 Å². The van der Waals surface area contributed by atoms with Crippen LogP contribution in [0.25, 0.3) is 0 Å². The molecule has 0 bridgehead atoms. The first-order chi connectivity index (χ1) is 4.84. The van der Waals surface area contributed by atoms with Crippen molar-refractivity contribution in [1.82, 2.24) is 0 Å². The molecule has 0 aromatic heterocycles. The highest BCUT2D eigenvalue weighted by Gasteiger charge is 2.21. The smallest absolute Gasteiger partial charge is 0.0504 e. The molecule has 2 unspecified atom stereocenters. The lowest BCUT2D eigenvalue weighted by atomic mass is 9.97. The molecule has 0 radical (unpaired) electrons. The van der Waals surface area contributed by atoms with E-state index in [4.69, 9.17) is 4.74 Å². The molecule has 0 aromatic carbocycles. The second-order valence-electron chi connectivity index (χ2n) is 2.93. The van der Waals surface area contributed by atoms with E-state index in [1.807, 2.05) is 0 Å². The fourth-order valence-electron chi connectivity index (χ4n) is 1.41. The molecule has 2 heteroatoms. The zero-order valence-electron chi connectivity index (χ0n) is 6.48. The van der Waals surface area contributed by atoms with Crippen molar-refractivity contribution >= 4 is 15.9 Å². The van der Waals surface area contributed by atoms with Crippen molar-refractivity contribution in [3.05, 3.63) is 0 Å². The standard InChI is InChI=1S/C8H15BrO/c1-2-3-7-6-10-5-4-8(7)9/h7-8H,2-6H2,1H3. The van der Waals surface area contributed by atoms with Crippen LogP contribution in [0.2, 0.25) is 0 Å². The van der Waals surface area contributed by atoms with Crippen LogP contribution in [-0.4, -0.2) is 18.0 Å². The Hall–Kier alpha value is 0.440. The molecule has 0 aromatic rings. The first-order valence-electron chi connectivity index (χ1n) is 4.06. The van der Waals surface area contributed by atoms with Crippen molar-refractivity contribution in [2.75, 3.05) is 13.2 Å². The molecule has 0 saturated carbocycles. The summed E-state index contributed by atoms with van der Waals surface area (Å²) < 4.78 is 5.38. The van der Waals surface area contributed by atoms with Crippen LogP contribution in [0, 0.1) is 5.92 Å². The summed E-state index contributed by atoms with van der Waals surface area (Å²) in [5, 5.41) is 0. The average molecular weight is 207 g/mol. The molecule has 0 N–H and O–H groups in total. The topological polar surface area (TPSA) is 9.23 Å². The fourth-order valence-corrected chi connectivity index (χ4v) is 2.01. The molecule has 0 amide bonds. The van der Waals surface area contributed by atoms with Crippen LogP contribution in [-0.2, 0) is 4.74 Å². The van der Waals surface area contributed by atoms with E-state index in [2.05, 4.69) is 22.9 Å². The lowest BCUT2D eigenvalue weighted by Gasteiger charge is -2.26. The van der Waals surface area contributed by atoms with E-state index in [1.165, 1.54) is 19.3 Å². The predicted octanol–water partition coefficient (Wildman–Crippen LogP) is 2.59. The molecule has 1 fully saturated rings. The molecule has 1 aliphatic heterocycles. The van der Waals surface area contributed by atoms with Gasteiger partial charge >= 0.3 is 0 Å². The number of rotatable bonds is 2. The Kier molecular flexibility index (Phi) is 3.71. The highest BCUT2D eigenvalue weighted by atomic mass is 79.9. The van der Waals surface area contributed by atoms with E-state index >= 15 is 0 Å². The number of ether oxygens (including phenoxy) is 1. The van der Waals surface area contributed by atoms with Crippen molar-refractivity contribution in [1.29, 1.82) is 0 Å². The van der Waals surface area contributed by atoms with E-state index in [9.17, 15) is 0 Å². The van der Waals surface area contributed by atoms with Gasteiger partial charge in [-0.05, 0) is 18.8 Å². The van der Waals surface area contributed by atoms with Crippen molar-refractivity contribution < 1.29 is 4.74 Å². The van der Waals surface area contributed by atoms with Gasteiger partial charge in [-0.1, -0.05) is 29.3 Å². The highest BCUT2D eigenvalue weighted by molar-refractivity contribution is 9.09. The summed E-state index contributed by atoms with van der Waals surface area (Å²) in [5.74, 6) is 0.763. The number of halogens is 1. The number of hydrogen-bond acceptors (Lipinski definition) is 1. The third kappa shape index (κ3) is 2.24. The zero-order valence-corrected chi connectivity index (χ0v) is 8.06. The van der Waals surface area contributed by atoms with Gasteiger partial charge in [0.2, 0.25) is 0 Å². The van der Waals surface area contributed by atoms with Gasteiger partial charge < -0.3 is 4.74 Å². The van der Waals surface area contributed by atoms with Crippen LogP contribution in [0.1, 0.15) is 26.2 Å². The molecule has 2 atom stereocenters.